The molecular weight excluding hydrogens is 716 g/mol. The van der Waals surface area contributed by atoms with Gasteiger partial charge >= 0.3 is 21.7 Å². The molecule has 8 nitrogen and oxygen atoms in total. The molecule has 5 aliphatic carbocycles. The van der Waals surface area contributed by atoms with E-state index in [0.717, 1.165) is 103 Å². The third-order valence-electron chi connectivity index (χ3n) is 12.8. The first-order valence-corrected chi connectivity index (χ1v) is 20.8. The fraction of sp³-hybridized carbons (Fsp3) is 0.524. The van der Waals surface area contributed by atoms with Gasteiger partial charge in [-0.05, 0) is 159 Å². The molecule has 1 N–H and O–H groups in total. The van der Waals surface area contributed by atoms with Crippen molar-refractivity contribution >= 4 is 27.2 Å². The van der Waals surface area contributed by atoms with Crippen molar-refractivity contribution in [2.24, 2.45) is 5.41 Å². The van der Waals surface area contributed by atoms with E-state index in [9.17, 15) is 26.4 Å². The van der Waals surface area contributed by atoms with Crippen LogP contribution in [0.15, 0.2) is 42.5 Å². The monoisotopic (exact) mass is 761 g/mol. The zero-order valence-corrected chi connectivity index (χ0v) is 31.8. The summed E-state index contributed by atoms with van der Waals surface area (Å²) in [5.74, 6) is 1.32. The fourth-order valence-electron chi connectivity index (χ4n) is 10.5. The number of carbonyl (C=O) groups excluding carboxylic acids is 1. The minimum absolute atomic E-state index is 0.0850. The molecule has 2 bridgehead atoms. The number of aromatic amines is 1. The van der Waals surface area contributed by atoms with Gasteiger partial charge in [0, 0.05) is 12.1 Å². The highest BCUT2D eigenvalue weighted by molar-refractivity contribution is 7.88. The van der Waals surface area contributed by atoms with Gasteiger partial charge in [-0.25, -0.2) is 9.78 Å². The fourth-order valence-corrected chi connectivity index (χ4v) is 11.0. The number of halogens is 3. The molecule has 4 aromatic rings. The van der Waals surface area contributed by atoms with Crippen molar-refractivity contribution in [2.45, 2.75) is 127 Å². The normalized spacial score (nSPS) is 23.3. The van der Waals surface area contributed by atoms with E-state index in [1.165, 1.54) is 22.8 Å². The highest BCUT2D eigenvalue weighted by Crippen LogP contribution is 2.58. The molecule has 2 heterocycles. The number of hydrogen-bond donors (Lipinski definition) is 1. The Hall–Kier alpha value is -4.06. The maximum atomic E-state index is 13.5. The lowest BCUT2D eigenvalue weighted by atomic mass is 9.63. The van der Waals surface area contributed by atoms with Crippen LogP contribution < -0.4 is 4.18 Å². The minimum atomic E-state index is -5.81. The quantitative estimate of drug-likeness (QED) is 0.160. The van der Waals surface area contributed by atoms with Crippen LogP contribution in [0.4, 0.5) is 18.0 Å². The van der Waals surface area contributed by atoms with Crippen molar-refractivity contribution in [2.75, 3.05) is 6.54 Å². The average Bonchev–Trinajstić information content (AvgIpc) is 3.93. The molecule has 2 saturated carbocycles. The molecule has 1 aromatic heterocycles. The lowest BCUT2D eigenvalue weighted by Gasteiger charge is -2.41. The van der Waals surface area contributed by atoms with Crippen LogP contribution in [0.5, 0.6) is 5.75 Å². The second kappa shape index (κ2) is 12.5. The number of nitrogens with one attached hydrogen (secondary N) is 1. The summed E-state index contributed by atoms with van der Waals surface area (Å²) >= 11 is 0. The number of nitrogens with zero attached hydrogens (tertiary/aromatic N) is 2. The van der Waals surface area contributed by atoms with Crippen LogP contribution in [0.3, 0.4) is 0 Å². The maximum absolute atomic E-state index is 13.5. The van der Waals surface area contributed by atoms with Crippen molar-refractivity contribution < 1.29 is 35.3 Å². The van der Waals surface area contributed by atoms with Gasteiger partial charge in [0.05, 0.1) is 17.1 Å². The predicted molar refractivity (Wildman–Crippen MR) is 200 cm³/mol. The minimum Gasteiger partial charge on any atom is -0.444 e. The van der Waals surface area contributed by atoms with E-state index in [-0.39, 0.29) is 23.3 Å². The molecule has 1 saturated heterocycles. The molecule has 0 unspecified atom stereocenters. The van der Waals surface area contributed by atoms with E-state index >= 15 is 0 Å². The number of ether oxygens (including phenoxy) is 1. The van der Waals surface area contributed by atoms with E-state index < -0.39 is 21.2 Å². The van der Waals surface area contributed by atoms with E-state index in [1.807, 2.05) is 26.8 Å². The molecule has 54 heavy (non-hydrogen) atoms. The van der Waals surface area contributed by atoms with Crippen molar-refractivity contribution in [3.8, 4) is 28.0 Å². The molecule has 286 valence electrons. The zero-order chi connectivity index (χ0) is 37.8. The molecular formula is C42H46F3N3O5S. The van der Waals surface area contributed by atoms with Gasteiger partial charge in [-0.3, -0.25) is 4.90 Å². The van der Waals surface area contributed by atoms with Gasteiger partial charge in [0.2, 0.25) is 0 Å². The van der Waals surface area contributed by atoms with Crippen LogP contribution >= 0.6 is 0 Å². The smallest absolute Gasteiger partial charge is 0.444 e. The number of rotatable bonds is 5. The number of fused-ring (bicyclic) bond motifs is 4. The van der Waals surface area contributed by atoms with Crippen molar-refractivity contribution in [3.63, 3.8) is 0 Å². The molecule has 3 aromatic carbocycles. The highest BCUT2D eigenvalue weighted by Gasteiger charge is 2.50. The summed E-state index contributed by atoms with van der Waals surface area (Å²) < 4.78 is 75.4. The van der Waals surface area contributed by atoms with Crippen LogP contribution in [0.1, 0.15) is 131 Å². The Labute approximate surface area is 314 Å². The zero-order valence-electron chi connectivity index (χ0n) is 30.9. The third-order valence-corrected chi connectivity index (χ3v) is 13.7. The van der Waals surface area contributed by atoms with Crippen molar-refractivity contribution in [1.82, 2.24) is 14.9 Å². The van der Waals surface area contributed by atoms with Crippen LogP contribution in [-0.2, 0) is 27.7 Å². The summed E-state index contributed by atoms with van der Waals surface area (Å²) in [4.78, 5) is 23.3. The lowest BCUT2D eigenvalue weighted by Crippen LogP contribution is -2.36. The number of carbonyl (C=O) groups is 1. The van der Waals surface area contributed by atoms with Crippen LogP contribution in [-0.4, -0.2) is 47.0 Å². The summed E-state index contributed by atoms with van der Waals surface area (Å²) in [6.45, 7) is 6.23. The number of alkyl halides is 3. The largest absolute Gasteiger partial charge is 0.534 e. The number of aromatic nitrogens is 2. The highest BCUT2D eigenvalue weighted by atomic mass is 32.2. The van der Waals surface area contributed by atoms with Gasteiger partial charge in [-0.15, -0.1) is 0 Å². The van der Waals surface area contributed by atoms with Gasteiger partial charge in [-0.2, -0.15) is 21.6 Å². The summed E-state index contributed by atoms with van der Waals surface area (Å²) in [6, 6.07) is 13.8. The average molecular weight is 762 g/mol. The number of likely N-dealkylation sites (tertiary alicyclic amines) is 1. The topological polar surface area (TPSA) is 102 Å². The van der Waals surface area contributed by atoms with Crippen molar-refractivity contribution in [1.29, 1.82) is 0 Å². The predicted octanol–water partition coefficient (Wildman–Crippen LogP) is 10.6. The molecule has 3 fully saturated rings. The Morgan fingerprint density at radius 2 is 1.50 bits per heavy atom. The SMILES string of the molecule is CC(C)(C)OC(=O)N1CCC[C@H]1c1nc2ccc(-c3ccc(-c4ccc(OS(=O)(=O)C(F)(F)F)c5c4CC4(CCCC4)C5)c4c3C3CCC4CC3)cc2[nH]1. The summed E-state index contributed by atoms with van der Waals surface area (Å²) in [5.41, 5.74) is 4.13. The van der Waals surface area contributed by atoms with Crippen LogP contribution in [0, 0.1) is 5.41 Å². The first-order valence-electron chi connectivity index (χ1n) is 19.4. The van der Waals surface area contributed by atoms with Gasteiger partial charge in [0.1, 0.15) is 17.2 Å². The Bertz CT molecular complexity index is 2280. The molecule has 0 radical (unpaired) electrons. The van der Waals surface area contributed by atoms with E-state index in [4.69, 9.17) is 13.9 Å². The first kappa shape index (κ1) is 35.6. The van der Waals surface area contributed by atoms with Crippen LogP contribution in [0.2, 0.25) is 0 Å². The number of benzene rings is 3. The third kappa shape index (κ3) is 5.98. The van der Waals surface area contributed by atoms with Gasteiger partial charge in [0.15, 0.2) is 0 Å². The van der Waals surface area contributed by atoms with E-state index in [0.29, 0.717) is 36.8 Å². The van der Waals surface area contributed by atoms with Gasteiger partial charge < -0.3 is 13.9 Å². The molecule has 1 atom stereocenters. The molecule has 1 spiro atoms. The lowest BCUT2D eigenvalue weighted by molar-refractivity contribution is -0.0500. The number of amides is 1. The first-order chi connectivity index (χ1) is 25.6. The number of H-pyrrole nitrogens is 1. The second-order valence-electron chi connectivity index (χ2n) is 17.3. The Morgan fingerprint density at radius 3 is 2.19 bits per heavy atom. The molecule has 10 rings (SSSR count). The van der Waals surface area contributed by atoms with E-state index in [2.05, 4.69) is 29.2 Å². The molecule has 6 aliphatic rings. The molecule has 1 aliphatic heterocycles. The Morgan fingerprint density at radius 1 is 0.852 bits per heavy atom. The number of imidazole rings is 1. The number of hydrogen-bond acceptors (Lipinski definition) is 6. The second-order valence-corrected chi connectivity index (χ2v) is 18.9. The van der Waals surface area contributed by atoms with Crippen molar-refractivity contribution in [3.05, 3.63) is 70.5 Å². The molecule has 1 amide bonds. The van der Waals surface area contributed by atoms with E-state index in [1.54, 1.807) is 11.0 Å². The van der Waals surface area contributed by atoms with Crippen LogP contribution in [0.25, 0.3) is 33.3 Å². The molecule has 12 heteroatoms. The van der Waals surface area contributed by atoms with Gasteiger partial charge in [0.25, 0.3) is 0 Å². The maximum Gasteiger partial charge on any atom is 0.534 e. The van der Waals surface area contributed by atoms with Gasteiger partial charge in [-0.1, -0.05) is 37.1 Å². The Balaban J connectivity index is 1.11. The summed E-state index contributed by atoms with van der Waals surface area (Å²) in [6.07, 6.45) is 11.0. The summed E-state index contributed by atoms with van der Waals surface area (Å²) in [7, 11) is -5.81. The standard InChI is InChI=1S/C42H46F3N3O5S/c1-40(2,3)52-39(49)48-20-6-7-34(48)38-46-32-16-12-26(21-33(32)47-38)27-13-14-29(37-25-10-8-24(9-11-25)36(27)37)28-15-17-35(53-54(50,51)42(43,44)45)31-23-41(22-30(28)31)18-4-5-19-41/h12-17,21,24-25,34H,4-11,18-20,22-23H2,1-3H3,(H,46,47)/t24?,25?,34-/m0/s1. The Kier molecular flexibility index (Phi) is 8.23. The summed E-state index contributed by atoms with van der Waals surface area (Å²) in [5, 5.41) is 0.